The van der Waals surface area contributed by atoms with Crippen LogP contribution in [0.2, 0.25) is 0 Å². The summed E-state index contributed by atoms with van der Waals surface area (Å²) in [6.45, 7) is 2.43. The van der Waals surface area contributed by atoms with E-state index in [1.807, 2.05) is 13.0 Å². The zero-order valence-electron chi connectivity index (χ0n) is 13.3. The van der Waals surface area contributed by atoms with E-state index >= 15 is 0 Å². The van der Waals surface area contributed by atoms with E-state index < -0.39 is 5.97 Å². The number of nitrogens with one attached hydrogen (secondary N) is 1. The number of methoxy groups -OCH3 is 1. The minimum atomic E-state index is -1.21. The number of aromatic carboxylic acids is 1. The van der Waals surface area contributed by atoms with Gasteiger partial charge < -0.3 is 19.7 Å². The Kier molecular flexibility index (Phi) is 5.62. The van der Waals surface area contributed by atoms with Crippen molar-refractivity contribution in [2.75, 3.05) is 19.1 Å². The highest BCUT2D eigenvalue weighted by atomic mass is 16.5. The lowest BCUT2D eigenvalue weighted by molar-refractivity contribution is 0.0694. The van der Waals surface area contributed by atoms with Crippen molar-refractivity contribution in [2.45, 2.75) is 6.92 Å². The van der Waals surface area contributed by atoms with Crippen LogP contribution >= 0.6 is 0 Å². The van der Waals surface area contributed by atoms with Gasteiger partial charge in [-0.05, 0) is 48.9 Å². The largest absolute Gasteiger partial charge is 0.507 e. The van der Waals surface area contributed by atoms with E-state index in [4.69, 9.17) is 14.6 Å². The van der Waals surface area contributed by atoms with Gasteiger partial charge in [-0.15, -0.1) is 0 Å². The molecule has 0 atom stereocenters. The number of hydrazone groups is 1. The molecule has 3 N–H and O–H groups in total. The zero-order chi connectivity index (χ0) is 17.5. The van der Waals surface area contributed by atoms with Crippen LogP contribution in [0, 0.1) is 0 Å². The number of hydrogen-bond donors (Lipinski definition) is 3. The standard InChI is InChI=1S/C17H18N2O5/c1-3-24-15-7-4-11(8-16(15)23-2)10-18-19-12-5-6-14(20)13(9-12)17(21)22/h4-10,19-20H,3H2,1-2H3,(H,21,22). The maximum atomic E-state index is 11.0. The summed E-state index contributed by atoms with van der Waals surface area (Å²) in [5, 5.41) is 22.5. The summed E-state index contributed by atoms with van der Waals surface area (Å²) in [4.78, 5) is 11.0. The highest BCUT2D eigenvalue weighted by Gasteiger charge is 2.09. The van der Waals surface area contributed by atoms with E-state index in [0.29, 0.717) is 23.8 Å². The first-order valence-electron chi connectivity index (χ1n) is 7.21. The highest BCUT2D eigenvalue weighted by molar-refractivity contribution is 5.92. The smallest absolute Gasteiger partial charge is 0.339 e. The van der Waals surface area contributed by atoms with E-state index in [1.54, 1.807) is 25.5 Å². The molecule has 0 heterocycles. The lowest BCUT2D eigenvalue weighted by Gasteiger charge is -2.09. The zero-order valence-corrected chi connectivity index (χ0v) is 13.3. The van der Waals surface area contributed by atoms with Crippen LogP contribution < -0.4 is 14.9 Å². The third-order valence-electron chi connectivity index (χ3n) is 3.12. The van der Waals surface area contributed by atoms with Crippen LogP contribution in [0.1, 0.15) is 22.8 Å². The second-order valence-electron chi connectivity index (χ2n) is 4.75. The van der Waals surface area contributed by atoms with Crippen LogP contribution in [-0.2, 0) is 0 Å². The van der Waals surface area contributed by atoms with Gasteiger partial charge in [0.1, 0.15) is 11.3 Å². The molecule has 0 aliphatic rings. The van der Waals surface area contributed by atoms with E-state index in [0.717, 1.165) is 5.56 Å². The SMILES string of the molecule is CCOc1ccc(C=NNc2ccc(O)c(C(=O)O)c2)cc1OC. The van der Waals surface area contributed by atoms with Crippen LogP contribution in [-0.4, -0.2) is 36.1 Å². The van der Waals surface area contributed by atoms with Crippen LogP contribution in [0.15, 0.2) is 41.5 Å². The molecule has 7 heteroatoms. The van der Waals surface area contributed by atoms with Crippen LogP contribution in [0.5, 0.6) is 17.2 Å². The van der Waals surface area contributed by atoms with Crippen LogP contribution in [0.4, 0.5) is 5.69 Å². The van der Waals surface area contributed by atoms with Crippen molar-refractivity contribution in [2.24, 2.45) is 5.10 Å². The summed E-state index contributed by atoms with van der Waals surface area (Å²) < 4.78 is 10.7. The van der Waals surface area contributed by atoms with Crippen LogP contribution in [0.3, 0.4) is 0 Å². The van der Waals surface area contributed by atoms with Crippen molar-refractivity contribution < 1.29 is 24.5 Å². The van der Waals surface area contributed by atoms with Gasteiger partial charge in [0.2, 0.25) is 0 Å². The molecule has 0 saturated heterocycles. The molecule has 126 valence electrons. The molecule has 2 aromatic rings. The van der Waals surface area contributed by atoms with Crippen molar-refractivity contribution in [3.63, 3.8) is 0 Å². The van der Waals surface area contributed by atoms with E-state index in [2.05, 4.69) is 10.5 Å². The average molecular weight is 330 g/mol. The average Bonchev–Trinajstić information content (AvgIpc) is 2.57. The summed E-state index contributed by atoms with van der Waals surface area (Å²) in [6.07, 6.45) is 1.56. The number of benzene rings is 2. The maximum Gasteiger partial charge on any atom is 0.339 e. The molecule has 0 unspecified atom stereocenters. The second-order valence-corrected chi connectivity index (χ2v) is 4.75. The minimum absolute atomic E-state index is 0.196. The van der Waals surface area contributed by atoms with Gasteiger partial charge in [-0.2, -0.15) is 5.10 Å². The number of hydrogen-bond acceptors (Lipinski definition) is 6. The Morgan fingerprint density at radius 1 is 1.25 bits per heavy atom. The van der Waals surface area contributed by atoms with Crippen molar-refractivity contribution in [3.8, 4) is 17.2 Å². The fraction of sp³-hybridized carbons (Fsp3) is 0.176. The topological polar surface area (TPSA) is 100 Å². The van der Waals surface area contributed by atoms with Crippen molar-refractivity contribution in [1.29, 1.82) is 0 Å². The van der Waals surface area contributed by atoms with E-state index in [1.165, 1.54) is 18.2 Å². The number of phenols is 1. The van der Waals surface area contributed by atoms with Gasteiger partial charge in [0.05, 0.1) is 25.6 Å². The minimum Gasteiger partial charge on any atom is -0.507 e. The number of nitrogens with zero attached hydrogens (tertiary/aromatic N) is 1. The third kappa shape index (κ3) is 4.16. The fourth-order valence-electron chi connectivity index (χ4n) is 2.00. The molecule has 0 bridgehead atoms. The summed E-state index contributed by atoms with van der Waals surface area (Å²) in [5.41, 5.74) is 3.74. The Labute approximate surface area is 139 Å². The molecular formula is C17H18N2O5. The van der Waals surface area contributed by atoms with Crippen molar-refractivity contribution in [3.05, 3.63) is 47.5 Å². The van der Waals surface area contributed by atoms with Crippen molar-refractivity contribution in [1.82, 2.24) is 0 Å². The monoisotopic (exact) mass is 330 g/mol. The molecule has 0 aliphatic carbocycles. The number of carboxylic acid groups (broad SMARTS) is 1. The number of aromatic hydroxyl groups is 1. The first kappa shape index (κ1) is 17.1. The van der Waals surface area contributed by atoms with Gasteiger partial charge in [0.25, 0.3) is 0 Å². The molecule has 2 rings (SSSR count). The lowest BCUT2D eigenvalue weighted by Crippen LogP contribution is -1.99. The maximum absolute atomic E-state index is 11.0. The Balaban J connectivity index is 2.12. The molecule has 2 aromatic carbocycles. The summed E-state index contributed by atoms with van der Waals surface area (Å²) in [6, 6.07) is 9.49. The van der Waals surface area contributed by atoms with Crippen molar-refractivity contribution >= 4 is 17.9 Å². The molecular weight excluding hydrogens is 312 g/mol. The summed E-state index contributed by atoms with van der Waals surface area (Å²) in [5.74, 6) is -0.266. The van der Waals surface area contributed by atoms with Crippen LogP contribution in [0.25, 0.3) is 0 Å². The molecule has 24 heavy (non-hydrogen) atoms. The van der Waals surface area contributed by atoms with Gasteiger partial charge in [-0.1, -0.05) is 0 Å². The molecule has 0 saturated carbocycles. The number of carbonyl (C=O) groups is 1. The fourth-order valence-corrected chi connectivity index (χ4v) is 2.00. The van der Waals surface area contributed by atoms with E-state index in [-0.39, 0.29) is 11.3 Å². The van der Waals surface area contributed by atoms with Gasteiger partial charge in [-0.25, -0.2) is 4.79 Å². The Morgan fingerprint density at radius 3 is 2.71 bits per heavy atom. The van der Waals surface area contributed by atoms with Gasteiger partial charge in [0, 0.05) is 0 Å². The Bertz CT molecular complexity index is 759. The number of anilines is 1. The highest BCUT2D eigenvalue weighted by Crippen LogP contribution is 2.27. The van der Waals surface area contributed by atoms with Gasteiger partial charge in [-0.3, -0.25) is 5.43 Å². The van der Waals surface area contributed by atoms with Gasteiger partial charge in [0.15, 0.2) is 11.5 Å². The number of carboxylic acids is 1. The number of ether oxygens (including phenoxy) is 2. The molecule has 0 aliphatic heterocycles. The normalized spacial score (nSPS) is 10.6. The first-order chi connectivity index (χ1) is 11.5. The molecule has 7 nitrogen and oxygen atoms in total. The molecule has 0 amide bonds. The summed E-state index contributed by atoms with van der Waals surface area (Å²) in [7, 11) is 1.56. The lowest BCUT2D eigenvalue weighted by atomic mass is 10.2. The molecule has 0 aromatic heterocycles. The predicted octanol–water partition coefficient (Wildman–Crippen LogP) is 2.94. The molecule has 0 spiro atoms. The van der Waals surface area contributed by atoms with Gasteiger partial charge >= 0.3 is 5.97 Å². The Morgan fingerprint density at radius 2 is 2.04 bits per heavy atom. The Hall–Kier alpha value is -3.22. The molecule has 0 radical (unpaired) electrons. The predicted molar refractivity (Wildman–Crippen MR) is 90.4 cm³/mol. The molecule has 0 fully saturated rings. The summed E-state index contributed by atoms with van der Waals surface area (Å²) >= 11 is 0. The first-order valence-corrected chi connectivity index (χ1v) is 7.21. The van der Waals surface area contributed by atoms with E-state index in [9.17, 15) is 9.90 Å². The second kappa shape index (κ2) is 7.87. The number of rotatable bonds is 7. The quantitative estimate of drug-likeness (QED) is 0.410. The third-order valence-corrected chi connectivity index (χ3v) is 3.12.